The van der Waals surface area contributed by atoms with Crippen molar-refractivity contribution in [3.8, 4) is 0 Å². The van der Waals surface area contributed by atoms with Crippen molar-refractivity contribution in [2.24, 2.45) is 0 Å². The van der Waals surface area contributed by atoms with Crippen molar-refractivity contribution in [2.75, 3.05) is 0 Å². The molecule has 0 spiro atoms. The monoisotopic (exact) mass is 221 g/mol. The van der Waals surface area contributed by atoms with Gasteiger partial charge in [0.15, 0.2) is 0 Å². The Morgan fingerprint density at radius 1 is 1.44 bits per heavy atom. The summed E-state index contributed by atoms with van der Waals surface area (Å²) in [4.78, 5) is 23.1. The highest BCUT2D eigenvalue weighted by molar-refractivity contribution is 6.04. The van der Waals surface area contributed by atoms with Crippen LogP contribution in [-0.4, -0.2) is 22.0 Å². The molecule has 0 atom stereocenters. The van der Waals surface area contributed by atoms with Gasteiger partial charge < -0.3 is 4.74 Å². The highest BCUT2D eigenvalue weighted by atomic mass is 16.6. The van der Waals surface area contributed by atoms with Gasteiger partial charge >= 0.3 is 6.09 Å². The van der Waals surface area contributed by atoms with Crippen LogP contribution >= 0.6 is 0 Å². The fourth-order valence-electron chi connectivity index (χ4n) is 1.16. The number of allylic oxidation sites excluding steroid dienone is 1. The van der Waals surface area contributed by atoms with E-state index in [9.17, 15) is 9.59 Å². The standard InChI is InChI=1S/C12H15NO3/c1-5-10(14)9-7-6-8-13(9)11(15)16-12(2,3)4/h5-8H,1H2,2-4H3. The van der Waals surface area contributed by atoms with Gasteiger partial charge in [-0.25, -0.2) is 9.36 Å². The number of rotatable bonds is 2. The second-order valence-corrected chi connectivity index (χ2v) is 4.31. The second kappa shape index (κ2) is 4.35. The lowest BCUT2D eigenvalue weighted by Crippen LogP contribution is -2.28. The van der Waals surface area contributed by atoms with Crippen molar-refractivity contribution in [3.63, 3.8) is 0 Å². The molecule has 1 heterocycles. The van der Waals surface area contributed by atoms with Gasteiger partial charge in [0, 0.05) is 6.20 Å². The lowest BCUT2D eigenvalue weighted by Gasteiger charge is -2.20. The van der Waals surface area contributed by atoms with Gasteiger partial charge in [-0.1, -0.05) is 6.58 Å². The van der Waals surface area contributed by atoms with E-state index in [1.807, 2.05) is 0 Å². The Morgan fingerprint density at radius 3 is 2.56 bits per heavy atom. The number of carbonyl (C=O) groups excluding carboxylic acids is 2. The van der Waals surface area contributed by atoms with E-state index in [0.717, 1.165) is 6.08 Å². The summed E-state index contributed by atoms with van der Waals surface area (Å²) in [5.74, 6) is -0.309. The summed E-state index contributed by atoms with van der Waals surface area (Å²) in [5.41, 5.74) is -0.334. The number of carbonyl (C=O) groups is 2. The molecular formula is C12H15NO3. The van der Waals surface area contributed by atoms with E-state index in [0.29, 0.717) is 0 Å². The molecule has 0 saturated heterocycles. The quantitative estimate of drug-likeness (QED) is 0.569. The maximum Gasteiger partial charge on any atom is 0.419 e. The van der Waals surface area contributed by atoms with Gasteiger partial charge in [-0.2, -0.15) is 0 Å². The lowest BCUT2D eigenvalue weighted by molar-refractivity contribution is 0.0529. The molecule has 0 aliphatic heterocycles. The van der Waals surface area contributed by atoms with Gasteiger partial charge in [0.25, 0.3) is 0 Å². The van der Waals surface area contributed by atoms with Gasteiger partial charge in [-0.3, -0.25) is 4.79 Å². The average molecular weight is 221 g/mol. The second-order valence-electron chi connectivity index (χ2n) is 4.31. The van der Waals surface area contributed by atoms with Crippen LogP contribution in [0.1, 0.15) is 31.3 Å². The summed E-state index contributed by atoms with van der Waals surface area (Å²) in [5, 5.41) is 0. The van der Waals surface area contributed by atoms with Crippen molar-refractivity contribution in [3.05, 3.63) is 36.7 Å². The zero-order valence-corrected chi connectivity index (χ0v) is 9.69. The summed E-state index contributed by atoms with van der Waals surface area (Å²) in [6.07, 6.45) is 2.09. The Labute approximate surface area is 94.5 Å². The van der Waals surface area contributed by atoms with Gasteiger partial charge in [0.1, 0.15) is 5.60 Å². The lowest BCUT2D eigenvalue weighted by atomic mass is 10.2. The van der Waals surface area contributed by atoms with Crippen LogP contribution in [0.25, 0.3) is 0 Å². The van der Waals surface area contributed by atoms with E-state index in [1.54, 1.807) is 32.9 Å². The summed E-state index contributed by atoms with van der Waals surface area (Å²) >= 11 is 0. The minimum atomic E-state index is -0.587. The maximum absolute atomic E-state index is 11.7. The van der Waals surface area contributed by atoms with Crippen LogP contribution in [-0.2, 0) is 4.74 Å². The molecule has 0 aromatic carbocycles. The molecule has 1 aromatic rings. The highest BCUT2D eigenvalue weighted by Gasteiger charge is 2.20. The third-order valence-corrected chi connectivity index (χ3v) is 1.78. The van der Waals surface area contributed by atoms with Crippen molar-refractivity contribution < 1.29 is 14.3 Å². The van der Waals surface area contributed by atoms with E-state index < -0.39 is 11.7 Å². The fourth-order valence-corrected chi connectivity index (χ4v) is 1.16. The van der Waals surface area contributed by atoms with Gasteiger partial charge in [-0.05, 0) is 39.0 Å². The molecular weight excluding hydrogens is 206 g/mol. The molecule has 86 valence electrons. The summed E-state index contributed by atoms with van der Waals surface area (Å²) in [6, 6.07) is 3.16. The Kier molecular flexibility index (Phi) is 3.32. The summed E-state index contributed by atoms with van der Waals surface area (Å²) in [6.45, 7) is 8.68. The first kappa shape index (κ1) is 12.2. The minimum Gasteiger partial charge on any atom is -0.443 e. The Morgan fingerprint density at radius 2 is 2.06 bits per heavy atom. The molecule has 16 heavy (non-hydrogen) atoms. The fraction of sp³-hybridized carbons (Fsp3) is 0.333. The van der Waals surface area contributed by atoms with Gasteiger partial charge in [0.2, 0.25) is 5.78 Å². The first-order valence-electron chi connectivity index (χ1n) is 4.92. The number of ketones is 1. The molecule has 0 aliphatic rings. The number of aromatic nitrogens is 1. The highest BCUT2D eigenvalue weighted by Crippen LogP contribution is 2.11. The first-order valence-corrected chi connectivity index (χ1v) is 4.92. The predicted octanol–water partition coefficient (Wildman–Crippen LogP) is 2.64. The topological polar surface area (TPSA) is 48.3 Å². The molecule has 0 fully saturated rings. The van der Waals surface area contributed by atoms with Crippen LogP contribution in [0, 0.1) is 0 Å². The normalized spacial score (nSPS) is 10.9. The van der Waals surface area contributed by atoms with Crippen molar-refractivity contribution in [1.82, 2.24) is 4.57 Å². The predicted molar refractivity (Wildman–Crippen MR) is 60.6 cm³/mol. The number of hydrogen-bond acceptors (Lipinski definition) is 3. The van der Waals surface area contributed by atoms with Crippen molar-refractivity contribution in [2.45, 2.75) is 26.4 Å². The molecule has 0 saturated carbocycles. The Bertz CT molecular complexity index is 424. The van der Waals surface area contributed by atoms with Crippen LogP contribution in [0.4, 0.5) is 4.79 Å². The Balaban J connectivity index is 2.97. The number of hydrogen-bond donors (Lipinski definition) is 0. The van der Waals surface area contributed by atoms with Gasteiger partial charge in [0.05, 0.1) is 5.69 Å². The van der Waals surface area contributed by atoms with E-state index >= 15 is 0 Å². The van der Waals surface area contributed by atoms with Crippen LogP contribution in [0.2, 0.25) is 0 Å². The van der Waals surface area contributed by atoms with Crippen LogP contribution in [0.3, 0.4) is 0 Å². The molecule has 0 radical (unpaired) electrons. The van der Waals surface area contributed by atoms with Crippen molar-refractivity contribution in [1.29, 1.82) is 0 Å². The van der Waals surface area contributed by atoms with E-state index in [2.05, 4.69) is 6.58 Å². The van der Waals surface area contributed by atoms with Crippen LogP contribution in [0.15, 0.2) is 31.0 Å². The maximum atomic E-state index is 11.7. The summed E-state index contributed by atoms with van der Waals surface area (Å²) in [7, 11) is 0. The zero-order valence-electron chi connectivity index (χ0n) is 9.69. The smallest absolute Gasteiger partial charge is 0.419 e. The van der Waals surface area contributed by atoms with Gasteiger partial charge in [-0.15, -0.1) is 0 Å². The van der Waals surface area contributed by atoms with E-state index in [-0.39, 0.29) is 11.5 Å². The van der Waals surface area contributed by atoms with Crippen molar-refractivity contribution >= 4 is 11.9 Å². The molecule has 0 unspecified atom stereocenters. The molecule has 1 aromatic heterocycles. The molecule has 1 rings (SSSR count). The average Bonchev–Trinajstić information content (AvgIpc) is 2.62. The first-order chi connectivity index (χ1) is 7.35. The van der Waals surface area contributed by atoms with E-state index in [4.69, 9.17) is 4.74 Å². The minimum absolute atomic E-state index is 0.254. The van der Waals surface area contributed by atoms with Crippen LogP contribution in [0.5, 0.6) is 0 Å². The summed E-state index contributed by atoms with van der Waals surface area (Å²) < 4.78 is 6.33. The molecule has 0 aliphatic carbocycles. The molecule has 4 nitrogen and oxygen atoms in total. The van der Waals surface area contributed by atoms with Crippen LogP contribution < -0.4 is 0 Å². The molecule has 0 bridgehead atoms. The molecule has 4 heteroatoms. The largest absolute Gasteiger partial charge is 0.443 e. The zero-order chi connectivity index (χ0) is 12.3. The molecule has 0 N–H and O–H groups in total. The molecule has 0 amide bonds. The number of nitrogens with zero attached hydrogens (tertiary/aromatic N) is 1. The third kappa shape index (κ3) is 2.82. The number of ether oxygens (including phenoxy) is 1. The van der Waals surface area contributed by atoms with E-state index in [1.165, 1.54) is 10.8 Å². The SMILES string of the molecule is C=CC(=O)c1cccn1C(=O)OC(C)(C)C. The third-order valence-electron chi connectivity index (χ3n) is 1.78. The Hall–Kier alpha value is -1.84.